The fourth-order valence-electron chi connectivity index (χ4n) is 2.28. The predicted molar refractivity (Wildman–Crippen MR) is 58.9 cm³/mol. The van der Waals surface area contributed by atoms with Crippen LogP contribution in [-0.4, -0.2) is 47.7 Å². The Morgan fingerprint density at radius 1 is 1.35 bits per heavy atom. The molecule has 2 aliphatic rings. The van der Waals surface area contributed by atoms with E-state index in [1.54, 1.807) is 6.20 Å². The van der Waals surface area contributed by atoms with E-state index in [9.17, 15) is 5.11 Å². The molecule has 0 saturated carbocycles. The number of ether oxygens (including phenoxy) is 3. The van der Waals surface area contributed by atoms with Gasteiger partial charge in [0, 0.05) is 11.8 Å². The molecule has 2 fully saturated rings. The highest BCUT2D eigenvalue weighted by atomic mass is 16.6. The number of aliphatic hydroxyl groups is 1. The van der Waals surface area contributed by atoms with Gasteiger partial charge in [-0.25, -0.2) is 4.98 Å². The molecule has 0 radical (unpaired) electrons. The zero-order valence-corrected chi connectivity index (χ0v) is 9.57. The molecule has 0 aliphatic carbocycles. The van der Waals surface area contributed by atoms with E-state index in [1.165, 1.54) is 0 Å². The average Bonchev–Trinajstić information content (AvgIpc) is 2.87. The van der Waals surface area contributed by atoms with Crippen molar-refractivity contribution >= 4 is 0 Å². The van der Waals surface area contributed by atoms with Crippen molar-refractivity contribution < 1.29 is 19.3 Å². The lowest BCUT2D eigenvalue weighted by molar-refractivity contribution is 0.00766. The molecule has 0 amide bonds. The molecule has 1 aromatic heterocycles. The zero-order chi connectivity index (χ0) is 11.8. The van der Waals surface area contributed by atoms with Crippen LogP contribution in [0.5, 0.6) is 5.88 Å². The standard InChI is InChI=1S/C12H15NO4/c1-7-3-2-4-13-12(7)17-9-6-16-10-8(14)5-15-11(9)10/h2-4,8-11,14H,5-6H2,1H3/t8-,9-,10-,11?/m1/s1. The molecule has 17 heavy (non-hydrogen) atoms. The lowest BCUT2D eigenvalue weighted by atomic mass is 10.1. The quantitative estimate of drug-likeness (QED) is 0.801. The molecular weight excluding hydrogens is 222 g/mol. The average molecular weight is 237 g/mol. The minimum absolute atomic E-state index is 0.189. The number of nitrogens with zero attached hydrogens (tertiary/aromatic N) is 1. The Balaban J connectivity index is 1.73. The van der Waals surface area contributed by atoms with Crippen molar-refractivity contribution in [2.45, 2.75) is 31.3 Å². The number of hydrogen-bond acceptors (Lipinski definition) is 5. The van der Waals surface area contributed by atoms with Crippen molar-refractivity contribution in [1.82, 2.24) is 4.98 Å². The predicted octanol–water partition coefficient (Wildman–Crippen LogP) is 0.296. The molecule has 4 atom stereocenters. The third-order valence-electron chi connectivity index (χ3n) is 3.21. The first kappa shape index (κ1) is 11.0. The second-order valence-corrected chi connectivity index (χ2v) is 4.45. The smallest absolute Gasteiger partial charge is 0.216 e. The number of aryl methyl sites for hydroxylation is 1. The molecular formula is C12H15NO4. The second kappa shape index (κ2) is 4.25. The first-order chi connectivity index (χ1) is 8.25. The van der Waals surface area contributed by atoms with Gasteiger partial charge in [-0.3, -0.25) is 0 Å². The van der Waals surface area contributed by atoms with E-state index in [4.69, 9.17) is 14.2 Å². The normalized spacial score (nSPS) is 35.9. The molecule has 2 saturated heterocycles. The fourth-order valence-corrected chi connectivity index (χ4v) is 2.28. The first-order valence-corrected chi connectivity index (χ1v) is 5.75. The van der Waals surface area contributed by atoms with Gasteiger partial charge in [-0.2, -0.15) is 0 Å². The molecule has 1 unspecified atom stereocenters. The van der Waals surface area contributed by atoms with Crippen molar-refractivity contribution in [3.05, 3.63) is 23.9 Å². The van der Waals surface area contributed by atoms with Crippen molar-refractivity contribution in [3.8, 4) is 5.88 Å². The summed E-state index contributed by atoms with van der Waals surface area (Å²) in [5.74, 6) is 0.603. The van der Waals surface area contributed by atoms with Gasteiger partial charge in [-0.05, 0) is 13.0 Å². The van der Waals surface area contributed by atoms with Gasteiger partial charge in [0.05, 0.1) is 13.2 Å². The van der Waals surface area contributed by atoms with Crippen LogP contribution in [0.15, 0.2) is 18.3 Å². The Bertz CT molecular complexity index is 411. The van der Waals surface area contributed by atoms with E-state index in [1.807, 2.05) is 19.1 Å². The Morgan fingerprint density at radius 3 is 3.00 bits per heavy atom. The van der Waals surface area contributed by atoms with E-state index in [2.05, 4.69) is 4.98 Å². The monoisotopic (exact) mass is 237 g/mol. The Hall–Kier alpha value is -1.17. The maximum absolute atomic E-state index is 9.62. The number of hydrogen-bond donors (Lipinski definition) is 1. The molecule has 3 rings (SSSR count). The summed E-state index contributed by atoms with van der Waals surface area (Å²) < 4.78 is 16.8. The number of fused-ring (bicyclic) bond motifs is 1. The van der Waals surface area contributed by atoms with E-state index in [-0.39, 0.29) is 18.3 Å². The summed E-state index contributed by atoms with van der Waals surface area (Å²) in [4.78, 5) is 4.18. The Labute approximate surface area is 99.3 Å². The third-order valence-corrected chi connectivity index (χ3v) is 3.21. The summed E-state index contributed by atoms with van der Waals surface area (Å²) in [6.45, 7) is 2.69. The lowest BCUT2D eigenvalue weighted by Gasteiger charge is -2.18. The van der Waals surface area contributed by atoms with Crippen LogP contribution < -0.4 is 4.74 Å². The molecule has 92 valence electrons. The molecule has 1 aromatic rings. The summed E-state index contributed by atoms with van der Waals surface area (Å²) in [6.07, 6.45) is 0.513. The van der Waals surface area contributed by atoms with Gasteiger partial charge in [0.25, 0.3) is 0 Å². The third kappa shape index (κ3) is 1.90. The van der Waals surface area contributed by atoms with E-state index in [0.29, 0.717) is 19.1 Å². The molecule has 1 N–H and O–H groups in total. The molecule has 5 nitrogen and oxygen atoms in total. The summed E-state index contributed by atoms with van der Waals surface area (Å²) in [7, 11) is 0. The van der Waals surface area contributed by atoms with Crippen molar-refractivity contribution in [2.24, 2.45) is 0 Å². The molecule has 0 spiro atoms. The van der Waals surface area contributed by atoms with Gasteiger partial charge in [0.1, 0.15) is 18.3 Å². The minimum Gasteiger partial charge on any atom is -0.469 e. The van der Waals surface area contributed by atoms with E-state index in [0.717, 1.165) is 5.56 Å². The second-order valence-electron chi connectivity index (χ2n) is 4.45. The number of pyridine rings is 1. The van der Waals surface area contributed by atoms with Crippen LogP contribution in [0.1, 0.15) is 5.56 Å². The van der Waals surface area contributed by atoms with Crippen molar-refractivity contribution in [1.29, 1.82) is 0 Å². The summed E-state index contributed by atoms with van der Waals surface area (Å²) in [5.41, 5.74) is 0.981. The highest BCUT2D eigenvalue weighted by Gasteiger charge is 2.48. The summed E-state index contributed by atoms with van der Waals surface area (Å²) in [6, 6.07) is 3.81. The van der Waals surface area contributed by atoms with Gasteiger partial charge in [0.15, 0.2) is 6.10 Å². The fraction of sp³-hybridized carbons (Fsp3) is 0.583. The molecule has 2 aliphatic heterocycles. The largest absolute Gasteiger partial charge is 0.469 e. The van der Waals surface area contributed by atoms with Crippen LogP contribution in [-0.2, 0) is 9.47 Å². The molecule has 5 heteroatoms. The highest BCUT2D eigenvalue weighted by Crippen LogP contribution is 2.29. The first-order valence-electron chi connectivity index (χ1n) is 5.75. The highest BCUT2D eigenvalue weighted by molar-refractivity contribution is 5.24. The molecule has 0 bridgehead atoms. The number of aliphatic hydroxyl groups excluding tert-OH is 1. The Morgan fingerprint density at radius 2 is 2.18 bits per heavy atom. The molecule has 0 aromatic carbocycles. The van der Waals surface area contributed by atoms with Crippen LogP contribution in [0.2, 0.25) is 0 Å². The minimum atomic E-state index is -0.543. The lowest BCUT2D eigenvalue weighted by Crippen LogP contribution is -2.34. The topological polar surface area (TPSA) is 60.8 Å². The molecule has 3 heterocycles. The number of aromatic nitrogens is 1. The van der Waals surface area contributed by atoms with Gasteiger partial charge in [-0.15, -0.1) is 0 Å². The van der Waals surface area contributed by atoms with Crippen LogP contribution in [0.4, 0.5) is 0 Å². The van der Waals surface area contributed by atoms with Crippen LogP contribution in [0, 0.1) is 6.92 Å². The maximum Gasteiger partial charge on any atom is 0.216 e. The summed E-state index contributed by atoms with van der Waals surface area (Å²) in [5, 5.41) is 9.62. The van der Waals surface area contributed by atoms with Gasteiger partial charge < -0.3 is 19.3 Å². The van der Waals surface area contributed by atoms with E-state index < -0.39 is 6.10 Å². The van der Waals surface area contributed by atoms with Crippen LogP contribution in [0.25, 0.3) is 0 Å². The van der Waals surface area contributed by atoms with Gasteiger partial charge in [0.2, 0.25) is 5.88 Å². The van der Waals surface area contributed by atoms with Gasteiger partial charge >= 0.3 is 0 Å². The van der Waals surface area contributed by atoms with Crippen LogP contribution >= 0.6 is 0 Å². The van der Waals surface area contributed by atoms with Crippen molar-refractivity contribution in [2.75, 3.05) is 13.2 Å². The Kier molecular flexibility index (Phi) is 2.74. The SMILES string of the molecule is Cc1cccnc1O[C@@H]1CO[C@H]2C1OC[C@H]2O. The zero-order valence-electron chi connectivity index (χ0n) is 9.57. The van der Waals surface area contributed by atoms with E-state index >= 15 is 0 Å². The van der Waals surface area contributed by atoms with Crippen molar-refractivity contribution in [3.63, 3.8) is 0 Å². The number of rotatable bonds is 2. The van der Waals surface area contributed by atoms with Gasteiger partial charge in [-0.1, -0.05) is 6.07 Å². The van der Waals surface area contributed by atoms with Crippen LogP contribution in [0.3, 0.4) is 0 Å². The maximum atomic E-state index is 9.62. The summed E-state index contributed by atoms with van der Waals surface area (Å²) >= 11 is 0.